The van der Waals surface area contributed by atoms with E-state index < -0.39 is 0 Å². The Kier molecular flexibility index (Phi) is 4.28. The lowest BCUT2D eigenvalue weighted by Crippen LogP contribution is -2.29. The van der Waals surface area contributed by atoms with Crippen molar-refractivity contribution in [2.75, 3.05) is 6.54 Å². The first kappa shape index (κ1) is 13.3. The fraction of sp³-hybridized carbons (Fsp3) is 0.357. The van der Waals surface area contributed by atoms with Gasteiger partial charge in [0.25, 0.3) is 0 Å². The maximum absolute atomic E-state index is 11.4. The van der Waals surface area contributed by atoms with Gasteiger partial charge in [0.1, 0.15) is 5.82 Å². The van der Waals surface area contributed by atoms with Crippen molar-refractivity contribution >= 4 is 5.91 Å². The van der Waals surface area contributed by atoms with Gasteiger partial charge in [0.2, 0.25) is 5.91 Å². The molecule has 19 heavy (non-hydrogen) atoms. The largest absolute Gasteiger partial charge is 0.355 e. The fourth-order valence-corrected chi connectivity index (χ4v) is 1.63. The summed E-state index contributed by atoms with van der Waals surface area (Å²) in [5.74, 6) is 1.53. The minimum absolute atomic E-state index is 0.00889. The Labute approximate surface area is 112 Å². The first-order valence-electron chi connectivity index (χ1n) is 6.41. The predicted octanol–water partition coefficient (Wildman–Crippen LogP) is 1.79. The number of amides is 1. The van der Waals surface area contributed by atoms with Gasteiger partial charge in [-0.2, -0.15) is 5.10 Å². The normalized spacial score (nSPS) is 10.7. The van der Waals surface area contributed by atoms with Crippen LogP contribution in [0.25, 0.3) is 11.4 Å². The van der Waals surface area contributed by atoms with E-state index in [1.54, 1.807) is 0 Å². The number of hydrogen-bond acceptors (Lipinski definition) is 3. The summed E-state index contributed by atoms with van der Waals surface area (Å²) in [5, 5.41) is 9.92. The number of nitrogens with zero attached hydrogens (tertiary/aromatic N) is 2. The molecule has 1 aromatic carbocycles. The molecule has 0 saturated carbocycles. The van der Waals surface area contributed by atoms with E-state index in [0.717, 1.165) is 11.4 Å². The van der Waals surface area contributed by atoms with Crippen molar-refractivity contribution in [3.8, 4) is 11.4 Å². The standard InChI is InChI=1S/C14H18N4O/c1-10(2)14(19)15-9-8-12-16-13(18-17-12)11-6-4-3-5-7-11/h3-7,10H,8-9H2,1-2H3,(H,15,19)(H,16,17,18). The molecule has 1 heterocycles. The Hall–Kier alpha value is -2.17. The van der Waals surface area contributed by atoms with Gasteiger partial charge in [-0.15, -0.1) is 0 Å². The summed E-state index contributed by atoms with van der Waals surface area (Å²) < 4.78 is 0. The number of aromatic amines is 1. The summed E-state index contributed by atoms with van der Waals surface area (Å²) >= 11 is 0. The van der Waals surface area contributed by atoms with Crippen LogP contribution < -0.4 is 5.32 Å². The topological polar surface area (TPSA) is 70.7 Å². The maximum atomic E-state index is 11.4. The van der Waals surface area contributed by atoms with Gasteiger partial charge in [0.15, 0.2) is 5.82 Å². The lowest BCUT2D eigenvalue weighted by atomic mass is 10.2. The second-order valence-corrected chi connectivity index (χ2v) is 4.67. The number of carbonyl (C=O) groups excluding carboxylic acids is 1. The van der Waals surface area contributed by atoms with Gasteiger partial charge < -0.3 is 5.32 Å². The van der Waals surface area contributed by atoms with Crippen LogP contribution in [-0.2, 0) is 11.2 Å². The molecule has 0 unspecified atom stereocenters. The highest BCUT2D eigenvalue weighted by molar-refractivity contribution is 5.77. The lowest BCUT2D eigenvalue weighted by molar-refractivity contribution is -0.123. The number of H-pyrrole nitrogens is 1. The van der Waals surface area contributed by atoms with E-state index in [-0.39, 0.29) is 11.8 Å². The zero-order valence-electron chi connectivity index (χ0n) is 11.2. The quantitative estimate of drug-likeness (QED) is 0.859. The number of benzene rings is 1. The summed E-state index contributed by atoms with van der Waals surface area (Å²) in [6.45, 7) is 4.31. The highest BCUT2D eigenvalue weighted by Crippen LogP contribution is 2.13. The fourth-order valence-electron chi connectivity index (χ4n) is 1.63. The van der Waals surface area contributed by atoms with Crippen molar-refractivity contribution in [1.29, 1.82) is 0 Å². The van der Waals surface area contributed by atoms with Crippen LogP contribution in [0.15, 0.2) is 30.3 Å². The second-order valence-electron chi connectivity index (χ2n) is 4.67. The molecule has 0 fully saturated rings. The Balaban J connectivity index is 1.90. The molecule has 2 N–H and O–H groups in total. The molecule has 100 valence electrons. The second kappa shape index (κ2) is 6.13. The average Bonchev–Trinajstić information content (AvgIpc) is 2.88. The zero-order valence-corrected chi connectivity index (χ0v) is 11.2. The van der Waals surface area contributed by atoms with Crippen molar-refractivity contribution in [1.82, 2.24) is 20.5 Å². The van der Waals surface area contributed by atoms with Gasteiger partial charge in [0.05, 0.1) is 0 Å². The highest BCUT2D eigenvalue weighted by atomic mass is 16.1. The molecule has 0 bridgehead atoms. The summed E-state index contributed by atoms with van der Waals surface area (Å²) in [5.41, 5.74) is 0.983. The van der Waals surface area contributed by atoms with Gasteiger partial charge >= 0.3 is 0 Å². The Morgan fingerprint density at radius 1 is 1.32 bits per heavy atom. The molecular weight excluding hydrogens is 240 g/mol. The van der Waals surface area contributed by atoms with E-state index in [1.165, 1.54) is 0 Å². The van der Waals surface area contributed by atoms with Gasteiger partial charge in [-0.1, -0.05) is 44.2 Å². The first-order chi connectivity index (χ1) is 9.16. The van der Waals surface area contributed by atoms with E-state index in [4.69, 9.17) is 0 Å². The molecule has 1 amide bonds. The van der Waals surface area contributed by atoms with E-state index in [1.807, 2.05) is 44.2 Å². The smallest absolute Gasteiger partial charge is 0.222 e. The van der Waals surface area contributed by atoms with Gasteiger partial charge in [-0.3, -0.25) is 9.89 Å². The van der Waals surface area contributed by atoms with Crippen LogP contribution in [0.5, 0.6) is 0 Å². The number of rotatable bonds is 5. The van der Waals surface area contributed by atoms with Crippen molar-refractivity contribution in [2.45, 2.75) is 20.3 Å². The SMILES string of the molecule is CC(C)C(=O)NCCc1nc(-c2ccccc2)n[nH]1. The average molecular weight is 258 g/mol. The van der Waals surface area contributed by atoms with E-state index >= 15 is 0 Å². The third kappa shape index (κ3) is 3.64. The van der Waals surface area contributed by atoms with Crippen LogP contribution in [0, 0.1) is 5.92 Å². The molecule has 2 rings (SSSR count). The monoisotopic (exact) mass is 258 g/mol. The Morgan fingerprint density at radius 2 is 2.05 bits per heavy atom. The van der Waals surface area contributed by atoms with Crippen molar-refractivity contribution in [3.63, 3.8) is 0 Å². The molecule has 0 radical (unpaired) electrons. The summed E-state index contributed by atoms with van der Waals surface area (Å²) in [7, 11) is 0. The van der Waals surface area contributed by atoms with E-state index in [2.05, 4.69) is 20.5 Å². The van der Waals surface area contributed by atoms with E-state index in [0.29, 0.717) is 18.8 Å². The molecule has 0 atom stereocenters. The molecule has 0 aliphatic carbocycles. The van der Waals surface area contributed by atoms with Crippen LogP contribution in [0.4, 0.5) is 0 Å². The van der Waals surface area contributed by atoms with Crippen molar-refractivity contribution in [3.05, 3.63) is 36.2 Å². The molecule has 0 aliphatic heterocycles. The van der Waals surface area contributed by atoms with Crippen LogP contribution in [0.2, 0.25) is 0 Å². The third-order valence-corrected chi connectivity index (χ3v) is 2.75. The third-order valence-electron chi connectivity index (χ3n) is 2.75. The van der Waals surface area contributed by atoms with Crippen molar-refractivity contribution < 1.29 is 4.79 Å². The van der Waals surface area contributed by atoms with Gasteiger partial charge in [0, 0.05) is 24.4 Å². The molecule has 0 spiro atoms. The van der Waals surface area contributed by atoms with Crippen LogP contribution in [0.1, 0.15) is 19.7 Å². The molecule has 5 heteroatoms. The number of nitrogens with one attached hydrogen (secondary N) is 2. The van der Waals surface area contributed by atoms with E-state index in [9.17, 15) is 4.79 Å². The molecule has 0 aliphatic rings. The molecule has 1 aromatic heterocycles. The predicted molar refractivity (Wildman–Crippen MR) is 73.4 cm³/mol. The first-order valence-corrected chi connectivity index (χ1v) is 6.41. The molecule has 2 aromatic rings. The Morgan fingerprint density at radius 3 is 2.74 bits per heavy atom. The maximum Gasteiger partial charge on any atom is 0.222 e. The molecule has 5 nitrogen and oxygen atoms in total. The van der Waals surface area contributed by atoms with Crippen LogP contribution in [-0.4, -0.2) is 27.6 Å². The minimum atomic E-state index is 0.00889. The van der Waals surface area contributed by atoms with Gasteiger partial charge in [-0.25, -0.2) is 4.98 Å². The minimum Gasteiger partial charge on any atom is -0.355 e. The van der Waals surface area contributed by atoms with Gasteiger partial charge in [-0.05, 0) is 0 Å². The highest BCUT2D eigenvalue weighted by Gasteiger charge is 2.08. The Bertz CT molecular complexity index is 533. The lowest BCUT2D eigenvalue weighted by Gasteiger charge is -2.05. The molecule has 0 saturated heterocycles. The molecular formula is C14H18N4O. The number of hydrogen-bond donors (Lipinski definition) is 2. The number of aromatic nitrogens is 3. The van der Waals surface area contributed by atoms with Crippen LogP contribution >= 0.6 is 0 Å². The van der Waals surface area contributed by atoms with Crippen LogP contribution in [0.3, 0.4) is 0 Å². The van der Waals surface area contributed by atoms with Crippen molar-refractivity contribution in [2.24, 2.45) is 5.92 Å². The zero-order chi connectivity index (χ0) is 13.7. The summed E-state index contributed by atoms with van der Waals surface area (Å²) in [4.78, 5) is 15.8. The summed E-state index contributed by atoms with van der Waals surface area (Å²) in [6, 6.07) is 9.79. The number of carbonyl (C=O) groups is 1. The summed E-state index contributed by atoms with van der Waals surface area (Å²) in [6.07, 6.45) is 0.651.